The molecule has 0 aliphatic carbocycles. The summed E-state index contributed by atoms with van der Waals surface area (Å²) in [6.07, 6.45) is 4.95. The van der Waals surface area contributed by atoms with E-state index in [1.807, 2.05) is 20.8 Å². The van der Waals surface area contributed by atoms with Gasteiger partial charge in [0, 0.05) is 12.4 Å². The molecule has 1 aromatic rings. The number of rotatable bonds is 1. The van der Waals surface area contributed by atoms with E-state index in [-0.39, 0.29) is 0 Å². The number of hydrogen-bond donors (Lipinski definition) is 1. The van der Waals surface area contributed by atoms with Gasteiger partial charge in [-0.25, -0.2) is 0 Å². The molecule has 0 aliphatic heterocycles. The van der Waals surface area contributed by atoms with Crippen LogP contribution in [0.1, 0.15) is 20.8 Å². The molecule has 1 rings (SSSR count). The summed E-state index contributed by atoms with van der Waals surface area (Å²) in [6.45, 7) is 5.85. The van der Waals surface area contributed by atoms with Gasteiger partial charge in [-0.3, -0.25) is 9.98 Å². The highest BCUT2D eigenvalue weighted by molar-refractivity contribution is 5.68. The Morgan fingerprint density at radius 1 is 1.50 bits per heavy atom. The van der Waals surface area contributed by atoms with E-state index in [2.05, 4.69) is 9.98 Å². The minimum Gasteiger partial charge on any atom is -0.396 e. The number of anilines is 1. The molecule has 0 atom stereocenters. The number of hydrogen-bond acceptors (Lipinski definition) is 3. The van der Waals surface area contributed by atoms with E-state index >= 15 is 0 Å². The van der Waals surface area contributed by atoms with Crippen LogP contribution in [0.5, 0.6) is 0 Å². The molecular formula is C9H15N3. The first kappa shape index (κ1) is 10.6. The van der Waals surface area contributed by atoms with E-state index in [0.717, 1.165) is 5.69 Å². The van der Waals surface area contributed by atoms with Crippen molar-refractivity contribution in [2.45, 2.75) is 20.8 Å². The van der Waals surface area contributed by atoms with Crippen LogP contribution in [0, 0.1) is 0 Å². The van der Waals surface area contributed by atoms with Gasteiger partial charge in [0.05, 0.1) is 17.6 Å². The summed E-state index contributed by atoms with van der Waals surface area (Å²) in [5.74, 6) is 0. The Labute approximate surface area is 73.4 Å². The average Bonchev–Trinajstić information content (AvgIpc) is 2.13. The van der Waals surface area contributed by atoms with Crippen molar-refractivity contribution in [1.82, 2.24) is 4.98 Å². The number of aliphatic imine (C=N–C) groups is 1. The molecule has 12 heavy (non-hydrogen) atoms. The van der Waals surface area contributed by atoms with Gasteiger partial charge >= 0.3 is 0 Å². The fourth-order valence-electron chi connectivity index (χ4n) is 0.656. The first-order valence-electron chi connectivity index (χ1n) is 4.02. The summed E-state index contributed by atoms with van der Waals surface area (Å²) in [4.78, 5) is 7.84. The summed E-state index contributed by atoms with van der Waals surface area (Å²) in [5, 5.41) is 0. The SMILES string of the molecule is CC.CC=Nc1ccncc1N. The van der Waals surface area contributed by atoms with E-state index in [0.29, 0.717) is 5.69 Å². The molecule has 2 N–H and O–H groups in total. The summed E-state index contributed by atoms with van der Waals surface area (Å²) in [5.41, 5.74) is 6.92. The van der Waals surface area contributed by atoms with Gasteiger partial charge in [-0.15, -0.1) is 0 Å². The zero-order valence-corrected chi connectivity index (χ0v) is 7.78. The van der Waals surface area contributed by atoms with Crippen molar-refractivity contribution in [3.05, 3.63) is 18.5 Å². The van der Waals surface area contributed by atoms with Crippen molar-refractivity contribution in [2.75, 3.05) is 5.73 Å². The van der Waals surface area contributed by atoms with Crippen molar-refractivity contribution in [3.8, 4) is 0 Å². The van der Waals surface area contributed by atoms with E-state index in [1.165, 1.54) is 0 Å². The topological polar surface area (TPSA) is 51.3 Å². The Balaban J connectivity index is 0.000000561. The lowest BCUT2D eigenvalue weighted by molar-refractivity contribution is 1.32. The minimum atomic E-state index is 0.612. The highest BCUT2D eigenvalue weighted by atomic mass is 14.8. The van der Waals surface area contributed by atoms with Crippen molar-refractivity contribution in [2.24, 2.45) is 4.99 Å². The van der Waals surface area contributed by atoms with Crippen molar-refractivity contribution in [1.29, 1.82) is 0 Å². The van der Waals surface area contributed by atoms with E-state index in [4.69, 9.17) is 5.73 Å². The molecule has 0 unspecified atom stereocenters. The number of nitrogens with two attached hydrogens (primary N) is 1. The van der Waals surface area contributed by atoms with Gasteiger partial charge in [0.25, 0.3) is 0 Å². The molecule has 0 bridgehead atoms. The molecule has 66 valence electrons. The second-order valence-electron chi connectivity index (χ2n) is 1.82. The molecule has 0 amide bonds. The largest absolute Gasteiger partial charge is 0.396 e. The standard InChI is InChI=1S/C7H9N3.C2H6/c1-2-10-7-3-4-9-5-6(7)8;1-2/h2-5H,8H2,1H3;1-2H3. The lowest BCUT2D eigenvalue weighted by Crippen LogP contribution is -1.85. The Hall–Kier alpha value is -1.38. The second-order valence-corrected chi connectivity index (χ2v) is 1.82. The van der Waals surface area contributed by atoms with Crippen LogP contribution in [-0.4, -0.2) is 11.2 Å². The van der Waals surface area contributed by atoms with Crippen LogP contribution >= 0.6 is 0 Å². The molecule has 0 aliphatic rings. The summed E-state index contributed by atoms with van der Waals surface area (Å²) < 4.78 is 0. The van der Waals surface area contributed by atoms with Crippen molar-refractivity contribution < 1.29 is 0 Å². The maximum atomic E-state index is 5.53. The third-order valence-electron chi connectivity index (χ3n) is 1.10. The zero-order valence-electron chi connectivity index (χ0n) is 7.78. The Bertz CT molecular complexity index is 243. The number of nitrogen functional groups attached to an aromatic ring is 1. The van der Waals surface area contributed by atoms with Gasteiger partial charge in [-0.05, 0) is 13.0 Å². The average molecular weight is 165 g/mol. The lowest BCUT2D eigenvalue weighted by atomic mass is 10.4. The van der Waals surface area contributed by atoms with E-state index in [9.17, 15) is 0 Å². The summed E-state index contributed by atoms with van der Waals surface area (Å²) in [7, 11) is 0. The normalized spacial score (nSPS) is 9.25. The molecule has 0 aromatic carbocycles. The van der Waals surface area contributed by atoms with Gasteiger partial charge in [0.2, 0.25) is 0 Å². The van der Waals surface area contributed by atoms with Gasteiger partial charge < -0.3 is 5.73 Å². The van der Waals surface area contributed by atoms with E-state index < -0.39 is 0 Å². The molecule has 3 heteroatoms. The molecule has 0 fully saturated rings. The molecule has 0 saturated carbocycles. The number of nitrogens with zero attached hydrogens (tertiary/aromatic N) is 2. The minimum absolute atomic E-state index is 0.612. The highest BCUT2D eigenvalue weighted by Crippen LogP contribution is 2.17. The number of pyridine rings is 1. The zero-order chi connectivity index (χ0) is 9.40. The molecule has 0 radical (unpaired) electrons. The van der Waals surface area contributed by atoms with Crippen LogP contribution < -0.4 is 5.73 Å². The van der Waals surface area contributed by atoms with E-state index in [1.54, 1.807) is 24.7 Å². The third-order valence-corrected chi connectivity index (χ3v) is 1.10. The summed E-state index contributed by atoms with van der Waals surface area (Å²) in [6, 6.07) is 1.77. The quantitative estimate of drug-likeness (QED) is 0.649. The van der Waals surface area contributed by atoms with Gasteiger partial charge in [-0.2, -0.15) is 0 Å². The first-order valence-corrected chi connectivity index (χ1v) is 4.02. The van der Waals surface area contributed by atoms with Gasteiger partial charge in [-0.1, -0.05) is 13.8 Å². The maximum absolute atomic E-state index is 5.53. The fraction of sp³-hybridized carbons (Fsp3) is 0.333. The monoisotopic (exact) mass is 165 g/mol. The molecule has 0 spiro atoms. The summed E-state index contributed by atoms with van der Waals surface area (Å²) >= 11 is 0. The van der Waals surface area contributed by atoms with Crippen LogP contribution in [0.25, 0.3) is 0 Å². The van der Waals surface area contributed by atoms with Gasteiger partial charge in [0.15, 0.2) is 0 Å². The van der Waals surface area contributed by atoms with Crippen LogP contribution in [0.2, 0.25) is 0 Å². The first-order chi connectivity index (χ1) is 5.84. The van der Waals surface area contributed by atoms with Crippen molar-refractivity contribution in [3.63, 3.8) is 0 Å². The molecular weight excluding hydrogens is 150 g/mol. The predicted octanol–water partition coefficient (Wildman–Crippen LogP) is 2.41. The van der Waals surface area contributed by atoms with Crippen LogP contribution in [0.3, 0.4) is 0 Å². The van der Waals surface area contributed by atoms with Crippen LogP contribution in [0.15, 0.2) is 23.5 Å². The lowest BCUT2D eigenvalue weighted by Gasteiger charge is -1.94. The third kappa shape index (κ3) is 3.14. The Morgan fingerprint density at radius 3 is 2.67 bits per heavy atom. The Morgan fingerprint density at radius 2 is 2.17 bits per heavy atom. The predicted molar refractivity (Wildman–Crippen MR) is 53.8 cm³/mol. The molecule has 3 nitrogen and oxygen atoms in total. The second kappa shape index (κ2) is 6.34. The molecule has 0 saturated heterocycles. The fourth-order valence-corrected chi connectivity index (χ4v) is 0.656. The maximum Gasteiger partial charge on any atom is 0.0886 e. The number of aromatic nitrogens is 1. The van der Waals surface area contributed by atoms with Gasteiger partial charge in [0.1, 0.15) is 0 Å². The highest BCUT2D eigenvalue weighted by Gasteiger charge is 1.91. The Kier molecular flexibility index (Phi) is 5.61. The van der Waals surface area contributed by atoms with Crippen molar-refractivity contribution >= 4 is 17.6 Å². The molecule has 1 aromatic heterocycles. The van der Waals surface area contributed by atoms with Crippen LogP contribution in [-0.2, 0) is 0 Å². The molecule has 1 heterocycles. The van der Waals surface area contributed by atoms with Crippen LogP contribution in [0.4, 0.5) is 11.4 Å². The smallest absolute Gasteiger partial charge is 0.0886 e.